The second-order valence-electron chi connectivity index (χ2n) is 6.81. The van der Waals surface area contributed by atoms with Gasteiger partial charge in [-0.25, -0.2) is 13.1 Å². The molecule has 5 nitrogen and oxygen atoms in total. The van der Waals surface area contributed by atoms with Crippen molar-refractivity contribution < 1.29 is 13.2 Å². The van der Waals surface area contributed by atoms with Crippen molar-refractivity contribution in [3.05, 3.63) is 28.8 Å². The van der Waals surface area contributed by atoms with Crippen LogP contribution in [0.3, 0.4) is 0 Å². The van der Waals surface area contributed by atoms with Gasteiger partial charge in [-0.05, 0) is 44.7 Å². The van der Waals surface area contributed by atoms with Crippen LogP contribution >= 0.6 is 0 Å². The Hall–Kier alpha value is -1.40. The number of carbonyl (C=O) groups excluding carboxylic acids is 1. The lowest BCUT2D eigenvalue weighted by atomic mass is 10.1. The molecular weight excluding hydrogens is 324 g/mol. The minimum absolute atomic E-state index is 0.173. The highest BCUT2D eigenvalue weighted by Crippen LogP contribution is 2.21. The molecule has 134 valence electrons. The van der Waals surface area contributed by atoms with E-state index in [4.69, 9.17) is 0 Å². The van der Waals surface area contributed by atoms with Gasteiger partial charge in [-0.2, -0.15) is 0 Å². The van der Waals surface area contributed by atoms with Gasteiger partial charge in [0.25, 0.3) is 0 Å². The van der Waals surface area contributed by atoms with E-state index >= 15 is 0 Å². The number of aryl methyl sites for hydroxylation is 3. The average Bonchev–Trinajstić information content (AvgIpc) is 2.72. The Labute approximate surface area is 145 Å². The molecule has 2 rings (SSSR count). The molecule has 0 bridgehead atoms. The molecule has 1 aliphatic rings. The summed E-state index contributed by atoms with van der Waals surface area (Å²) in [4.78, 5) is 12.4. The highest BCUT2D eigenvalue weighted by molar-refractivity contribution is 7.89. The number of hydrogen-bond donors (Lipinski definition) is 2. The predicted octanol–water partition coefficient (Wildman–Crippen LogP) is 2.73. The van der Waals surface area contributed by atoms with Crippen molar-refractivity contribution in [2.45, 2.75) is 70.2 Å². The molecule has 0 aliphatic heterocycles. The molecule has 0 saturated heterocycles. The fourth-order valence-electron chi connectivity index (χ4n) is 3.53. The summed E-state index contributed by atoms with van der Waals surface area (Å²) in [5.41, 5.74) is 2.42. The minimum Gasteiger partial charge on any atom is -0.352 e. The van der Waals surface area contributed by atoms with Gasteiger partial charge in [0.05, 0.1) is 11.4 Å². The van der Waals surface area contributed by atoms with Crippen LogP contribution in [0.25, 0.3) is 0 Å². The van der Waals surface area contributed by atoms with Crippen molar-refractivity contribution in [2.24, 2.45) is 0 Å². The molecule has 6 heteroatoms. The summed E-state index contributed by atoms with van der Waals surface area (Å²) in [6.45, 7) is 5.27. The summed E-state index contributed by atoms with van der Waals surface area (Å²) in [6.07, 6.45) is 6.64. The van der Waals surface area contributed by atoms with Crippen molar-refractivity contribution in [1.29, 1.82) is 0 Å². The summed E-state index contributed by atoms with van der Waals surface area (Å²) >= 11 is 0. The van der Waals surface area contributed by atoms with Crippen LogP contribution in [0.5, 0.6) is 0 Å². The van der Waals surface area contributed by atoms with Crippen LogP contribution in [0.1, 0.15) is 55.2 Å². The van der Waals surface area contributed by atoms with E-state index in [2.05, 4.69) is 10.0 Å². The zero-order chi connectivity index (χ0) is 17.7. The molecule has 0 aromatic heterocycles. The van der Waals surface area contributed by atoms with Crippen LogP contribution in [0.4, 0.5) is 0 Å². The van der Waals surface area contributed by atoms with Gasteiger partial charge in [-0.3, -0.25) is 4.79 Å². The maximum atomic E-state index is 12.5. The predicted molar refractivity (Wildman–Crippen MR) is 95.5 cm³/mol. The fourth-order valence-corrected chi connectivity index (χ4v) is 4.96. The first-order valence-electron chi connectivity index (χ1n) is 8.66. The lowest BCUT2D eigenvalue weighted by Crippen LogP contribution is -2.42. The molecule has 2 N–H and O–H groups in total. The molecule has 1 fully saturated rings. The van der Waals surface area contributed by atoms with E-state index in [1.807, 2.05) is 19.1 Å². The van der Waals surface area contributed by atoms with E-state index in [0.717, 1.165) is 31.2 Å². The second kappa shape index (κ2) is 8.12. The Morgan fingerprint density at radius 1 is 1.04 bits per heavy atom. The normalized spacial score (nSPS) is 16.6. The Kier molecular flexibility index (Phi) is 6.40. The summed E-state index contributed by atoms with van der Waals surface area (Å²) < 4.78 is 27.5. The lowest BCUT2D eigenvalue weighted by molar-refractivity contribution is -0.120. The molecular formula is C18H28N2O3S. The molecule has 0 atom stereocenters. The first-order chi connectivity index (χ1) is 11.3. The van der Waals surface area contributed by atoms with Gasteiger partial charge in [0.15, 0.2) is 0 Å². The summed E-state index contributed by atoms with van der Waals surface area (Å²) in [6, 6.07) is 3.85. The van der Waals surface area contributed by atoms with E-state index in [9.17, 15) is 13.2 Å². The van der Waals surface area contributed by atoms with Gasteiger partial charge in [0.2, 0.25) is 15.9 Å². The van der Waals surface area contributed by atoms with E-state index in [1.165, 1.54) is 12.8 Å². The number of rotatable bonds is 5. The van der Waals surface area contributed by atoms with Gasteiger partial charge in [0, 0.05) is 6.04 Å². The van der Waals surface area contributed by atoms with Crippen molar-refractivity contribution >= 4 is 15.9 Å². The largest absolute Gasteiger partial charge is 0.352 e. The summed E-state index contributed by atoms with van der Waals surface area (Å²) in [5.74, 6) is -0.257. The van der Waals surface area contributed by atoms with Gasteiger partial charge < -0.3 is 5.32 Å². The van der Waals surface area contributed by atoms with Gasteiger partial charge in [-0.1, -0.05) is 43.4 Å². The van der Waals surface area contributed by atoms with Crippen molar-refractivity contribution in [1.82, 2.24) is 10.0 Å². The first-order valence-corrected chi connectivity index (χ1v) is 10.1. The number of hydrogen-bond acceptors (Lipinski definition) is 3. The van der Waals surface area contributed by atoms with E-state index in [1.54, 1.807) is 13.8 Å². The minimum atomic E-state index is -3.69. The van der Waals surface area contributed by atoms with E-state index in [-0.39, 0.29) is 23.4 Å². The lowest BCUT2D eigenvalue weighted by Gasteiger charge is -2.17. The van der Waals surface area contributed by atoms with E-state index in [0.29, 0.717) is 11.1 Å². The zero-order valence-electron chi connectivity index (χ0n) is 14.8. The quantitative estimate of drug-likeness (QED) is 0.800. The molecule has 24 heavy (non-hydrogen) atoms. The van der Waals surface area contributed by atoms with Gasteiger partial charge >= 0.3 is 0 Å². The molecule has 0 radical (unpaired) electrons. The van der Waals surface area contributed by atoms with Crippen LogP contribution in [-0.2, 0) is 14.8 Å². The third-order valence-corrected chi connectivity index (χ3v) is 6.22. The maximum absolute atomic E-state index is 12.5. The smallest absolute Gasteiger partial charge is 0.241 e. The second-order valence-corrected chi connectivity index (χ2v) is 8.51. The zero-order valence-corrected chi connectivity index (χ0v) is 15.6. The molecule has 1 amide bonds. The maximum Gasteiger partial charge on any atom is 0.241 e. The van der Waals surface area contributed by atoms with Crippen molar-refractivity contribution in [3.63, 3.8) is 0 Å². The van der Waals surface area contributed by atoms with Gasteiger partial charge in [0.1, 0.15) is 0 Å². The SMILES string of the molecule is Cc1cc(C)c(S(=O)(=O)NCC(=O)NC2CCCCCC2)c(C)c1. The third kappa shape index (κ3) is 5.05. The highest BCUT2D eigenvalue weighted by Gasteiger charge is 2.21. The Bertz CT molecular complexity index is 667. The van der Waals surface area contributed by atoms with Crippen molar-refractivity contribution in [2.75, 3.05) is 6.54 Å². The summed E-state index contributed by atoms with van der Waals surface area (Å²) in [7, 11) is -3.69. The molecule has 0 heterocycles. The number of carbonyl (C=O) groups is 1. The molecule has 0 unspecified atom stereocenters. The van der Waals surface area contributed by atoms with Crippen LogP contribution in [-0.4, -0.2) is 26.9 Å². The number of sulfonamides is 1. The average molecular weight is 353 g/mol. The van der Waals surface area contributed by atoms with Crippen molar-refractivity contribution in [3.8, 4) is 0 Å². The van der Waals surface area contributed by atoms with Crippen LogP contribution in [0.15, 0.2) is 17.0 Å². The standard InChI is InChI=1S/C18H28N2O3S/c1-13-10-14(2)18(15(3)11-13)24(22,23)19-12-17(21)20-16-8-6-4-5-7-9-16/h10-11,16,19H,4-9,12H2,1-3H3,(H,20,21). The molecule has 1 saturated carbocycles. The van der Waals surface area contributed by atoms with Crippen LogP contribution in [0.2, 0.25) is 0 Å². The summed E-state index contributed by atoms with van der Waals surface area (Å²) in [5, 5.41) is 2.96. The fraction of sp³-hybridized carbons (Fsp3) is 0.611. The number of amides is 1. The number of nitrogens with one attached hydrogen (secondary N) is 2. The van der Waals surface area contributed by atoms with E-state index < -0.39 is 10.0 Å². The molecule has 0 spiro atoms. The topological polar surface area (TPSA) is 75.3 Å². The van der Waals surface area contributed by atoms with Gasteiger partial charge in [-0.15, -0.1) is 0 Å². The first kappa shape index (κ1) is 18.9. The third-order valence-electron chi connectivity index (χ3n) is 4.52. The monoisotopic (exact) mass is 352 g/mol. The Morgan fingerprint density at radius 3 is 2.12 bits per heavy atom. The highest BCUT2D eigenvalue weighted by atomic mass is 32.2. The molecule has 1 aromatic carbocycles. The molecule has 1 aliphatic carbocycles. The van der Waals surface area contributed by atoms with Crippen LogP contribution < -0.4 is 10.0 Å². The Morgan fingerprint density at radius 2 is 1.58 bits per heavy atom. The number of benzene rings is 1. The van der Waals surface area contributed by atoms with Crippen LogP contribution in [0, 0.1) is 20.8 Å². The Balaban J connectivity index is 1.98. The molecule has 1 aromatic rings.